The lowest BCUT2D eigenvalue weighted by molar-refractivity contribution is 0.111. The van der Waals surface area contributed by atoms with E-state index in [-0.39, 0.29) is 0 Å². The summed E-state index contributed by atoms with van der Waals surface area (Å²) in [4.78, 5) is 22.3. The van der Waals surface area contributed by atoms with Crippen LogP contribution in [-0.4, -0.2) is 25.8 Å². The molecule has 0 aromatic heterocycles. The Labute approximate surface area is 315 Å². The van der Waals surface area contributed by atoms with E-state index in [2.05, 4.69) is 37.5 Å². The fourth-order valence-electron chi connectivity index (χ4n) is 6.11. The molecule has 3 aromatic carbocycles. The minimum Gasteiger partial charge on any atom is -0.492 e. The van der Waals surface area contributed by atoms with Crippen LogP contribution in [0.2, 0.25) is 0 Å². The Hall–Kier alpha value is -4.28. The Balaban J connectivity index is 1.73. The molecule has 4 nitrogen and oxygen atoms in total. The lowest BCUT2D eigenvalue weighted by Gasteiger charge is -2.14. The summed E-state index contributed by atoms with van der Waals surface area (Å²) in [6.45, 7) is 5.74. The predicted octanol–water partition coefficient (Wildman–Crippen LogP) is 12.7. The zero-order chi connectivity index (χ0) is 36.9. The third-order valence-electron chi connectivity index (χ3n) is 9.37. The molecule has 0 aliphatic carbocycles. The number of hydrogen-bond donors (Lipinski definition) is 0. The summed E-state index contributed by atoms with van der Waals surface area (Å²) < 4.78 is 12.8. The number of aldehydes is 2. The molecule has 4 heteroatoms. The lowest BCUT2D eigenvalue weighted by atomic mass is 10.1. The molecule has 0 atom stereocenters. The van der Waals surface area contributed by atoms with Crippen LogP contribution in [0.4, 0.5) is 0 Å². The standard InChI is InChI=1S/C48H62O4/c1-3-5-7-9-11-13-15-17-19-21-35-51-47-37-46(34-32-42-25-29-44(40-50)30-26-42)48(52-36-22-20-18-16-14-12-10-8-6-4-2)38-45(47)33-31-41-23-27-43(39-49)28-24-41/h23-30,37-40H,3-22,35-36H2,1-2H3. The van der Waals surface area contributed by atoms with E-state index in [0.717, 1.165) is 60.5 Å². The normalized spacial score (nSPS) is 10.5. The van der Waals surface area contributed by atoms with E-state index < -0.39 is 0 Å². The number of carbonyl (C=O) groups excluding carboxylic acids is 2. The Morgan fingerprint density at radius 3 is 1.04 bits per heavy atom. The highest BCUT2D eigenvalue weighted by molar-refractivity contribution is 5.75. The molecule has 0 aliphatic rings. The van der Waals surface area contributed by atoms with Crippen molar-refractivity contribution in [2.75, 3.05) is 13.2 Å². The molecule has 0 aliphatic heterocycles. The first-order valence-corrected chi connectivity index (χ1v) is 20.2. The zero-order valence-corrected chi connectivity index (χ0v) is 32.1. The smallest absolute Gasteiger partial charge is 0.150 e. The van der Waals surface area contributed by atoms with E-state index in [1.807, 2.05) is 36.4 Å². The molecule has 0 radical (unpaired) electrons. The monoisotopic (exact) mass is 702 g/mol. The molecule has 52 heavy (non-hydrogen) atoms. The highest BCUT2D eigenvalue weighted by Gasteiger charge is 2.11. The van der Waals surface area contributed by atoms with Gasteiger partial charge in [0.15, 0.2) is 0 Å². The molecule has 0 bridgehead atoms. The van der Waals surface area contributed by atoms with Crippen molar-refractivity contribution in [1.29, 1.82) is 0 Å². The molecule has 0 heterocycles. The molecule has 0 unspecified atom stereocenters. The fraction of sp³-hybridized carbons (Fsp3) is 0.500. The van der Waals surface area contributed by atoms with Gasteiger partial charge in [-0.3, -0.25) is 9.59 Å². The predicted molar refractivity (Wildman–Crippen MR) is 217 cm³/mol. The van der Waals surface area contributed by atoms with Gasteiger partial charge in [-0.05, 0) is 37.1 Å². The topological polar surface area (TPSA) is 52.6 Å². The Morgan fingerprint density at radius 2 is 0.731 bits per heavy atom. The van der Waals surface area contributed by atoms with Gasteiger partial charge in [-0.1, -0.05) is 177 Å². The Kier molecular flexibility index (Phi) is 22.2. The van der Waals surface area contributed by atoms with E-state index in [9.17, 15) is 9.59 Å². The summed E-state index contributed by atoms with van der Waals surface area (Å²) >= 11 is 0. The van der Waals surface area contributed by atoms with Crippen molar-refractivity contribution in [3.05, 3.63) is 94.0 Å². The van der Waals surface area contributed by atoms with Crippen molar-refractivity contribution in [2.24, 2.45) is 0 Å². The molecule has 0 saturated heterocycles. The zero-order valence-electron chi connectivity index (χ0n) is 32.1. The van der Waals surface area contributed by atoms with Crippen molar-refractivity contribution in [1.82, 2.24) is 0 Å². The molecular weight excluding hydrogens is 641 g/mol. The molecule has 0 spiro atoms. The Morgan fingerprint density at radius 1 is 0.423 bits per heavy atom. The van der Waals surface area contributed by atoms with Gasteiger partial charge in [-0.25, -0.2) is 0 Å². The van der Waals surface area contributed by atoms with Gasteiger partial charge < -0.3 is 9.47 Å². The van der Waals surface area contributed by atoms with E-state index in [1.54, 1.807) is 24.3 Å². The lowest BCUT2D eigenvalue weighted by Crippen LogP contribution is -2.03. The maximum absolute atomic E-state index is 11.2. The summed E-state index contributed by atoms with van der Waals surface area (Å²) in [5.41, 5.74) is 4.40. The molecule has 3 aromatic rings. The molecule has 3 rings (SSSR count). The molecule has 278 valence electrons. The Bertz CT molecular complexity index is 1430. The largest absolute Gasteiger partial charge is 0.492 e. The van der Waals surface area contributed by atoms with Crippen molar-refractivity contribution in [2.45, 2.75) is 142 Å². The van der Waals surface area contributed by atoms with Crippen molar-refractivity contribution >= 4 is 12.6 Å². The quantitative estimate of drug-likeness (QED) is 0.0475. The third kappa shape index (κ3) is 17.8. The van der Waals surface area contributed by atoms with Crippen LogP contribution in [-0.2, 0) is 0 Å². The van der Waals surface area contributed by atoms with E-state index in [4.69, 9.17) is 9.47 Å². The summed E-state index contributed by atoms with van der Waals surface area (Å²) in [5.74, 6) is 14.6. The number of ether oxygens (including phenoxy) is 2. The number of unbranched alkanes of at least 4 members (excludes halogenated alkanes) is 18. The first-order chi connectivity index (χ1) is 25.7. The van der Waals surface area contributed by atoms with Crippen molar-refractivity contribution in [3.8, 4) is 35.2 Å². The maximum Gasteiger partial charge on any atom is 0.150 e. The first kappa shape index (κ1) is 42.1. The van der Waals surface area contributed by atoms with Gasteiger partial charge >= 0.3 is 0 Å². The van der Waals surface area contributed by atoms with Crippen molar-refractivity contribution < 1.29 is 19.1 Å². The van der Waals surface area contributed by atoms with Gasteiger partial charge in [0.1, 0.15) is 24.1 Å². The van der Waals surface area contributed by atoms with Crippen LogP contribution in [0.5, 0.6) is 11.5 Å². The average Bonchev–Trinajstić information content (AvgIpc) is 3.18. The number of hydrogen-bond acceptors (Lipinski definition) is 4. The van der Waals surface area contributed by atoms with Crippen LogP contribution >= 0.6 is 0 Å². The van der Waals surface area contributed by atoms with Crippen LogP contribution in [0.15, 0.2) is 60.7 Å². The van der Waals surface area contributed by atoms with Crippen molar-refractivity contribution in [3.63, 3.8) is 0 Å². The molecule has 0 fully saturated rings. The second-order valence-corrected chi connectivity index (χ2v) is 13.9. The SMILES string of the molecule is CCCCCCCCCCCCOc1cc(C#Cc2ccc(C=O)cc2)c(OCCCCCCCCCCCC)cc1C#Cc1ccc(C=O)cc1. The minimum absolute atomic E-state index is 0.609. The molecule has 0 amide bonds. The number of benzene rings is 3. The van der Waals surface area contributed by atoms with Crippen LogP contribution in [0.3, 0.4) is 0 Å². The molecule has 0 N–H and O–H groups in total. The highest BCUT2D eigenvalue weighted by atomic mass is 16.5. The number of rotatable bonds is 26. The third-order valence-corrected chi connectivity index (χ3v) is 9.37. The van der Waals surface area contributed by atoms with Crippen LogP contribution in [0.1, 0.15) is 185 Å². The highest BCUT2D eigenvalue weighted by Crippen LogP contribution is 2.29. The second-order valence-electron chi connectivity index (χ2n) is 13.9. The molecular formula is C48H62O4. The van der Waals surface area contributed by atoms with Crippen LogP contribution in [0, 0.1) is 23.7 Å². The number of carbonyl (C=O) groups is 2. The summed E-state index contributed by atoms with van der Waals surface area (Å²) in [6, 6.07) is 18.5. The average molecular weight is 703 g/mol. The first-order valence-electron chi connectivity index (χ1n) is 20.2. The van der Waals surface area contributed by atoms with Gasteiger partial charge in [0.25, 0.3) is 0 Å². The van der Waals surface area contributed by atoms with Gasteiger partial charge in [0.2, 0.25) is 0 Å². The van der Waals surface area contributed by atoms with E-state index in [0.29, 0.717) is 35.8 Å². The molecule has 0 saturated carbocycles. The second kappa shape index (κ2) is 27.4. The van der Waals surface area contributed by atoms with Gasteiger partial charge in [-0.2, -0.15) is 0 Å². The summed E-state index contributed by atoms with van der Waals surface area (Å²) in [5, 5.41) is 0. The fourth-order valence-corrected chi connectivity index (χ4v) is 6.11. The summed E-state index contributed by atoms with van der Waals surface area (Å²) in [7, 11) is 0. The van der Waals surface area contributed by atoms with Gasteiger partial charge in [0, 0.05) is 34.4 Å². The summed E-state index contributed by atoms with van der Waals surface area (Å²) in [6.07, 6.45) is 27.0. The van der Waals surface area contributed by atoms with E-state index >= 15 is 0 Å². The van der Waals surface area contributed by atoms with Gasteiger partial charge in [0.05, 0.1) is 24.3 Å². The van der Waals surface area contributed by atoms with E-state index in [1.165, 1.54) is 103 Å². The van der Waals surface area contributed by atoms with Crippen LogP contribution in [0.25, 0.3) is 0 Å². The maximum atomic E-state index is 11.2. The van der Waals surface area contributed by atoms with Gasteiger partial charge in [-0.15, -0.1) is 0 Å². The van der Waals surface area contributed by atoms with Crippen LogP contribution < -0.4 is 9.47 Å². The minimum atomic E-state index is 0.609.